The highest BCUT2D eigenvalue weighted by Gasteiger charge is 2.36. The van der Waals surface area contributed by atoms with Crippen LogP contribution in [0.5, 0.6) is 0 Å². The fraction of sp³-hybridized carbons (Fsp3) is 0.286. The van der Waals surface area contributed by atoms with Crippen molar-refractivity contribution in [3.63, 3.8) is 0 Å². The highest BCUT2D eigenvalue weighted by Crippen LogP contribution is 2.28. The molecule has 3 rings (SSSR count). The maximum atomic E-state index is 12.3. The van der Waals surface area contributed by atoms with Crippen molar-refractivity contribution in [2.24, 2.45) is 0 Å². The first-order chi connectivity index (χ1) is 11.0. The van der Waals surface area contributed by atoms with Gasteiger partial charge in [0.05, 0.1) is 23.6 Å². The van der Waals surface area contributed by atoms with Gasteiger partial charge in [-0.3, -0.25) is 4.79 Å². The Morgan fingerprint density at radius 1 is 1.48 bits per heavy atom. The van der Waals surface area contributed by atoms with Gasteiger partial charge in [0.15, 0.2) is 5.69 Å². The summed E-state index contributed by atoms with van der Waals surface area (Å²) >= 11 is 5.87. The Morgan fingerprint density at radius 3 is 2.87 bits per heavy atom. The van der Waals surface area contributed by atoms with Crippen molar-refractivity contribution in [2.45, 2.75) is 5.92 Å². The monoisotopic (exact) mass is 336 g/mol. The highest BCUT2D eigenvalue weighted by atomic mass is 35.5. The third-order valence-electron chi connectivity index (χ3n) is 3.55. The number of pyridine rings is 1. The number of hydrogen-bond acceptors (Lipinski definition) is 7. The number of carbonyl (C=O) groups excluding carboxylic acids is 2. The van der Waals surface area contributed by atoms with Crippen LogP contribution >= 0.6 is 11.6 Å². The summed E-state index contributed by atoms with van der Waals surface area (Å²) in [5.74, 6) is -0.234. The molecule has 1 aliphatic heterocycles. The number of oxazole rings is 1. The molecule has 2 aromatic heterocycles. The second kappa shape index (κ2) is 5.88. The number of methoxy groups -OCH3 is 1. The van der Waals surface area contributed by atoms with Crippen molar-refractivity contribution in [3.05, 3.63) is 40.7 Å². The standard InChI is InChI=1S/C14H13ClN4O4/c1-22-14(21)10-6-23-12(18-10)8-4-19(5-8)13(20)7-2-9(15)11(16)17-3-7/h2-3,6,8H,4-5H2,1H3,(H2,16,17). The maximum Gasteiger partial charge on any atom is 0.360 e. The molecule has 120 valence electrons. The second-order valence-electron chi connectivity index (χ2n) is 5.06. The number of likely N-dealkylation sites (tertiary alicyclic amines) is 1. The van der Waals surface area contributed by atoms with Crippen molar-refractivity contribution >= 4 is 29.3 Å². The Morgan fingerprint density at radius 2 is 2.22 bits per heavy atom. The summed E-state index contributed by atoms with van der Waals surface area (Å²) in [6.07, 6.45) is 2.63. The number of carbonyl (C=O) groups is 2. The second-order valence-corrected chi connectivity index (χ2v) is 5.47. The predicted octanol–water partition coefficient (Wildman–Crippen LogP) is 1.33. The summed E-state index contributed by atoms with van der Waals surface area (Å²) in [6, 6.07) is 1.49. The van der Waals surface area contributed by atoms with Gasteiger partial charge in [-0.15, -0.1) is 0 Å². The first kappa shape index (κ1) is 15.3. The number of aromatic nitrogens is 2. The summed E-state index contributed by atoms with van der Waals surface area (Å²) in [4.78, 5) is 33.2. The molecular formula is C14H13ClN4O4. The van der Waals surface area contributed by atoms with E-state index in [0.29, 0.717) is 24.5 Å². The largest absolute Gasteiger partial charge is 0.464 e. The maximum absolute atomic E-state index is 12.3. The number of ether oxygens (including phenoxy) is 1. The average molecular weight is 337 g/mol. The highest BCUT2D eigenvalue weighted by molar-refractivity contribution is 6.33. The van der Waals surface area contributed by atoms with Crippen molar-refractivity contribution in [2.75, 3.05) is 25.9 Å². The fourth-order valence-corrected chi connectivity index (χ4v) is 2.39. The minimum absolute atomic E-state index is 0.0606. The number of anilines is 1. The van der Waals surface area contributed by atoms with Crippen LogP contribution in [0.1, 0.15) is 32.7 Å². The smallest absolute Gasteiger partial charge is 0.360 e. The van der Waals surface area contributed by atoms with Gasteiger partial charge in [0, 0.05) is 19.3 Å². The Hall–Kier alpha value is -2.61. The zero-order valence-electron chi connectivity index (χ0n) is 12.2. The van der Waals surface area contributed by atoms with E-state index in [1.165, 1.54) is 25.6 Å². The van der Waals surface area contributed by atoms with Crippen LogP contribution in [0.4, 0.5) is 5.82 Å². The molecule has 23 heavy (non-hydrogen) atoms. The molecule has 1 saturated heterocycles. The molecule has 2 N–H and O–H groups in total. The van der Waals surface area contributed by atoms with Gasteiger partial charge in [0.2, 0.25) is 5.89 Å². The van der Waals surface area contributed by atoms with E-state index in [1.54, 1.807) is 4.90 Å². The lowest BCUT2D eigenvalue weighted by Gasteiger charge is -2.37. The molecule has 0 aliphatic carbocycles. The SMILES string of the molecule is COC(=O)c1coc(C2CN(C(=O)c3cnc(N)c(Cl)c3)C2)n1. The summed E-state index contributed by atoms with van der Waals surface area (Å²) in [6.45, 7) is 0.865. The van der Waals surface area contributed by atoms with Crippen LogP contribution in [0.15, 0.2) is 22.9 Å². The molecule has 9 heteroatoms. The lowest BCUT2D eigenvalue weighted by atomic mass is 9.99. The quantitative estimate of drug-likeness (QED) is 0.841. The molecule has 0 atom stereocenters. The van der Waals surface area contributed by atoms with Crippen LogP contribution < -0.4 is 5.73 Å². The first-order valence-electron chi connectivity index (χ1n) is 6.73. The van der Waals surface area contributed by atoms with E-state index < -0.39 is 5.97 Å². The van der Waals surface area contributed by atoms with Crippen LogP contribution in [0.3, 0.4) is 0 Å². The number of nitrogen functional groups attached to an aromatic ring is 1. The summed E-state index contributed by atoms with van der Waals surface area (Å²) in [7, 11) is 1.27. The van der Waals surface area contributed by atoms with E-state index in [1.807, 2.05) is 0 Å². The molecule has 3 heterocycles. The molecule has 0 aromatic carbocycles. The van der Waals surface area contributed by atoms with Crippen LogP contribution in [0.25, 0.3) is 0 Å². The van der Waals surface area contributed by atoms with Crippen molar-refractivity contribution in [1.82, 2.24) is 14.9 Å². The van der Waals surface area contributed by atoms with Gasteiger partial charge in [0.25, 0.3) is 5.91 Å². The van der Waals surface area contributed by atoms with Gasteiger partial charge in [0.1, 0.15) is 12.1 Å². The number of hydrogen-bond donors (Lipinski definition) is 1. The molecule has 0 saturated carbocycles. The van der Waals surface area contributed by atoms with E-state index in [2.05, 4.69) is 14.7 Å². The van der Waals surface area contributed by atoms with E-state index in [4.69, 9.17) is 21.8 Å². The average Bonchev–Trinajstić information content (AvgIpc) is 2.97. The van der Waals surface area contributed by atoms with Crippen LogP contribution in [0.2, 0.25) is 5.02 Å². The Bertz CT molecular complexity index is 770. The number of nitrogens with zero attached hydrogens (tertiary/aromatic N) is 3. The number of amides is 1. The number of halogens is 1. The minimum Gasteiger partial charge on any atom is -0.464 e. The number of rotatable bonds is 3. The molecule has 1 amide bonds. The lowest BCUT2D eigenvalue weighted by Crippen LogP contribution is -2.48. The van der Waals surface area contributed by atoms with Crippen molar-refractivity contribution in [1.29, 1.82) is 0 Å². The van der Waals surface area contributed by atoms with E-state index in [9.17, 15) is 9.59 Å². The summed E-state index contributed by atoms with van der Waals surface area (Å²) in [5.41, 5.74) is 6.00. The Labute approximate surface area is 136 Å². The molecule has 2 aromatic rings. The fourth-order valence-electron chi connectivity index (χ4n) is 2.22. The zero-order valence-corrected chi connectivity index (χ0v) is 12.9. The molecular weight excluding hydrogens is 324 g/mol. The molecule has 0 spiro atoms. The molecule has 0 bridgehead atoms. The van der Waals surface area contributed by atoms with Crippen LogP contribution in [0, 0.1) is 0 Å². The van der Waals surface area contributed by atoms with E-state index in [0.717, 1.165) is 0 Å². The zero-order chi connectivity index (χ0) is 16.6. The Kier molecular flexibility index (Phi) is 3.91. The lowest BCUT2D eigenvalue weighted by molar-refractivity contribution is 0.0568. The van der Waals surface area contributed by atoms with E-state index in [-0.39, 0.29) is 28.4 Å². The molecule has 0 radical (unpaired) electrons. The third kappa shape index (κ3) is 2.85. The minimum atomic E-state index is -0.560. The third-order valence-corrected chi connectivity index (χ3v) is 3.85. The van der Waals surface area contributed by atoms with Gasteiger partial charge in [-0.1, -0.05) is 11.6 Å². The van der Waals surface area contributed by atoms with Gasteiger partial charge in [-0.25, -0.2) is 14.8 Å². The Balaban J connectivity index is 1.64. The van der Waals surface area contributed by atoms with Crippen LogP contribution in [-0.4, -0.2) is 46.9 Å². The van der Waals surface area contributed by atoms with Gasteiger partial charge < -0.3 is 19.8 Å². The molecule has 1 aliphatic rings. The first-order valence-corrected chi connectivity index (χ1v) is 7.11. The van der Waals surface area contributed by atoms with Crippen molar-refractivity contribution in [3.8, 4) is 0 Å². The summed E-state index contributed by atoms with van der Waals surface area (Å²) < 4.78 is 9.82. The molecule has 1 fully saturated rings. The molecule has 0 unspecified atom stereocenters. The predicted molar refractivity (Wildman–Crippen MR) is 80.1 cm³/mol. The number of esters is 1. The normalized spacial score (nSPS) is 14.4. The van der Waals surface area contributed by atoms with E-state index >= 15 is 0 Å². The van der Waals surface area contributed by atoms with Gasteiger partial charge >= 0.3 is 5.97 Å². The van der Waals surface area contributed by atoms with Gasteiger partial charge in [-0.05, 0) is 6.07 Å². The summed E-state index contributed by atoms with van der Waals surface area (Å²) in [5, 5.41) is 0.239. The topological polar surface area (TPSA) is 112 Å². The molecule has 8 nitrogen and oxygen atoms in total. The van der Waals surface area contributed by atoms with Crippen LogP contribution in [-0.2, 0) is 4.74 Å². The van der Waals surface area contributed by atoms with Gasteiger partial charge in [-0.2, -0.15) is 0 Å². The van der Waals surface area contributed by atoms with Crippen molar-refractivity contribution < 1.29 is 18.7 Å². The number of nitrogens with two attached hydrogens (primary N) is 1.